The summed E-state index contributed by atoms with van der Waals surface area (Å²) in [6.07, 6.45) is 0.313. The maximum Gasteiger partial charge on any atom is 0.254 e. The number of rotatable bonds is 5. The van der Waals surface area contributed by atoms with Gasteiger partial charge in [-0.3, -0.25) is 4.79 Å². The summed E-state index contributed by atoms with van der Waals surface area (Å²) in [5, 5.41) is 8.91. The van der Waals surface area contributed by atoms with Crippen molar-refractivity contribution in [3.05, 3.63) is 57.3 Å². The molecule has 0 radical (unpaired) electrons. The van der Waals surface area contributed by atoms with E-state index in [-0.39, 0.29) is 18.8 Å². The van der Waals surface area contributed by atoms with Crippen LogP contribution in [0.25, 0.3) is 0 Å². The van der Waals surface area contributed by atoms with Gasteiger partial charge in [-0.15, -0.1) is 0 Å². The molecule has 0 aliphatic heterocycles. The fourth-order valence-electron chi connectivity index (χ4n) is 1.93. The van der Waals surface area contributed by atoms with E-state index in [4.69, 9.17) is 9.84 Å². The minimum Gasteiger partial charge on any atom is -0.486 e. The molecule has 0 saturated carbocycles. The van der Waals surface area contributed by atoms with Gasteiger partial charge in [-0.2, -0.15) is 0 Å². The molecular formula is C15H18N2O3. The summed E-state index contributed by atoms with van der Waals surface area (Å²) in [5.41, 5.74) is 2.10. The lowest BCUT2D eigenvalue weighted by atomic mass is 10.2. The fourth-order valence-corrected chi connectivity index (χ4v) is 1.93. The Hall–Kier alpha value is -2.14. The van der Waals surface area contributed by atoms with Crippen LogP contribution >= 0.6 is 0 Å². The lowest BCUT2D eigenvalue weighted by Crippen LogP contribution is -2.20. The summed E-state index contributed by atoms with van der Waals surface area (Å²) < 4.78 is 5.57. The number of benzene rings is 1. The van der Waals surface area contributed by atoms with E-state index < -0.39 is 0 Å². The van der Waals surface area contributed by atoms with Crippen molar-refractivity contribution >= 4 is 0 Å². The first-order chi connectivity index (χ1) is 9.60. The Labute approximate surface area is 117 Å². The summed E-state index contributed by atoms with van der Waals surface area (Å²) in [5.74, 6) is 1.21. The Morgan fingerprint density at radius 1 is 1.25 bits per heavy atom. The molecule has 2 N–H and O–H groups in total. The van der Waals surface area contributed by atoms with E-state index in [0.717, 1.165) is 11.3 Å². The van der Waals surface area contributed by atoms with Crippen LogP contribution in [-0.2, 0) is 13.0 Å². The number of nitrogens with one attached hydrogen (secondary N) is 1. The van der Waals surface area contributed by atoms with Crippen LogP contribution in [0.5, 0.6) is 5.75 Å². The van der Waals surface area contributed by atoms with Gasteiger partial charge < -0.3 is 14.8 Å². The minimum atomic E-state index is -0.214. The number of hydrogen-bond donors (Lipinski definition) is 2. The smallest absolute Gasteiger partial charge is 0.254 e. The van der Waals surface area contributed by atoms with Crippen LogP contribution in [0.1, 0.15) is 22.6 Å². The normalized spacial score (nSPS) is 10.6. The molecule has 20 heavy (non-hydrogen) atoms. The van der Waals surface area contributed by atoms with E-state index >= 15 is 0 Å². The number of aromatic amines is 1. The quantitative estimate of drug-likeness (QED) is 0.866. The molecule has 106 valence electrons. The summed E-state index contributed by atoms with van der Waals surface area (Å²) in [6.45, 7) is 3.91. The van der Waals surface area contributed by atoms with Crippen LogP contribution in [0, 0.1) is 13.8 Å². The van der Waals surface area contributed by atoms with Crippen molar-refractivity contribution in [3.63, 3.8) is 0 Å². The molecule has 1 aromatic carbocycles. The Bertz CT molecular complexity index is 633. The summed E-state index contributed by atoms with van der Waals surface area (Å²) in [7, 11) is 0. The minimum absolute atomic E-state index is 0.0647. The average molecular weight is 274 g/mol. The topological polar surface area (TPSA) is 75.2 Å². The van der Waals surface area contributed by atoms with Gasteiger partial charge in [0.05, 0.1) is 0 Å². The van der Waals surface area contributed by atoms with Gasteiger partial charge in [0, 0.05) is 24.3 Å². The third kappa shape index (κ3) is 3.45. The molecule has 0 amide bonds. The van der Waals surface area contributed by atoms with Crippen molar-refractivity contribution in [3.8, 4) is 5.75 Å². The van der Waals surface area contributed by atoms with Crippen LogP contribution in [0.3, 0.4) is 0 Å². The molecule has 5 nitrogen and oxygen atoms in total. The zero-order valence-electron chi connectivity index (χ0n) is 11.6. The molecule has 0 aliphatic rings. The number of ether oxygens (including phenoxy) is 1. The van der Waals surface area contributed by atoms with Crippen molar-refractivity contribution in [2.45, 2.75) is 26.9 Å². The molecule has 0 fully saturated rings. The van der Waals surface area contributed by atoms with Crippen molar-refractivity contribution in [1.29, 1.82) is 0 Å². The highest BCUT2D eigenvalue weighted by Gasteiger charge is 2.08. The van der Waals surface area contributed by atoms with Crippen molar-refractivity contribution in [1.82, 2.24) is 9.97 Å². The monoisotopic (exact) mass is 274 g/mol. The molecule has 2 rings (SSSR count). The zero-order valence-corrected chi connectivity index (χ0v) is 11.6. The second-order valence-electron chi connectivity index (χ2n) is 4.65. The third-order valence-electron chi connectivity index (χ3n) is 3.03. The number of H-pyrrole nitrogens is 1. The van der Waals surface area contributed by atoms with E-state index in [1.165, 1.54) is 0 Å². The van der Waals surface area contributed by atoms with Crippen LogP contribution in [0.4, 0.5) is 0 Å². The van der Waals surface area contributed by atoms with Crippen LogP contribution < -0.4 is 10.3 Å². The van der Waals surface area contributed by atoms with E-state index in [1.54, 1.807) is 6.92 Å². The Balaban J connectivity index is 2.10. The predicted octanol–water partition coefficient (Wildman–Crippen LogP) is 1.50. The molecule has 1 aromatic heterocycles. The van der Waals surface area contributed by atoms with Crippen molar-refractivity contribution in [2.75, 3.05) is 6.61 Å². The fraction of sp³-hybridized carbons (Fsp3) is 0.333. The molecule has 2 aromatic rings. The maximum absolute atomic E-state index is 11.8. The predicted molar refractivity (Wildman–Crippen MR) is 75.9 cm³/mol. The van der Waals surface area contributed by atoms with Crippen LogP contribution in [0.2, 0.25) is 0 Å². The molecule has 0 atom stereocenters. The molecule has 0 bridgehead atoms. The standard InChI is InChI=1S/C15H18N2O3/c1-10-3-5-12(6-4-10)20-9-14-16-11(2)13(7-8-18)15(19)17-14/h3-6,18H,7-9H2,1-2H3,(H,16,17,19). The van der Waals surface area contributed by atoms with E-state index in [2.05, 4.69) is 9.97 Å². The lowest BCUT2D eigenvalue weighted by Gasteiger charge is -2.08. The summed E-state index contributed by atoms with van der Waals surface area (Å²) in [6, 6.07) is 7.67. The lowest BCUT2D eigenvalue weighted by molar-refractivity contribution is 0.292. The SMILES string of the molecule is Cc1ccc(OCc2nc(C)c(CCO)c(=O)[nH]2)cc1. The molecule has 0 unspecified atom stereocenters. The van der Waals surface area contributed by atoms with Crippen LogP contribution in [-0.4, -0.2) is 21.7 Å². The van der Waals surface area contributed by atoms with Gasteiger partial charge in [-0.25, -0.2) is 4.98 Å². The molecular weight excluding hydrogens is 256 g/mol. The van der Waals surface area contributed by atoms with Crippen LogP contribution in [0.15, 0.2) is 29.1 Å². The van der Waals surface area contributed by atoms with Gasteiger partial charge in [0.1, 0.15) is 18.2 Å². The Kier molecular flexibility index (Phi) is 4.53. The second kappa shape index (κ2) is 6.34. The van der Waals surface area contributed by atoms with E-state index in [1.807, 2.05) is 31.2 Å². The molecule has 0 saturated heterocycles. The van der Waals surface area contributed by atoms with Gasteiger partial charge >= 0.3 is 0 Å². The zero-order chi connectivity index (χ0) is 14.5. The third-order valence-corrected chi connectivity index (χ3v) is 3.03. The molecule has 0 aliphatic carbocycles. The highest BCUT2D eigenvalue weighted by molar-refractivity contribution is 5.26. The highest BCUT2D eigenvalue weighted by Crippen LogP contribution is 2.12. The number of aromatic nitrogens is 2. The number of aryl methyl sites for hydroxylation is 2. The number of hydrogen-bond acceptors (Lipinski definition) is 4. The van der Waals surface area contributed by atoms with E-state index in [0.29, 0.717) is 23.5 Å². The van der Waals surface area contributed by atoms with E-state index in [9.17, 15) is 4.79 Å². The van der Waals surface area contributed by atoms with Gasteiger partial charge in [0.2, 0.25) is 0 Å². The molecule has 0 spiro atoms. The maximum atomic E-state index is 11.8. The summed E-state index contributed by atoms with van der Waals surface area (Å²) in [4.78, 5) is 18.8. The molecule has 5 heteroatoms. The Morgan fingerprint density at radius 3 is 2.55 bits per heavy atom. The summed E-state index contributed by atoms with van der Waals surface area (Å²) >= 11 is 0. The highest BCUT2D eigenvalue weighted by atomic mass is 16.5. The number of nitrogens with zero attached hydrogens (tertiary/aromatic N) is 1. The average Bonchev–Trinajstić information content (AvgIpc) is 2.42. The van der Waals surface area contributed by atoms with Gasteiger partial charge in [-0.1, -0.05) is 17.7 Å². The largest absolute Gasteiger partial charge is 0.486 e. The van der Waals surface area contributed by atoms with Gasteiger partial charge in [0.15, 0.2) is 0 Å². The van der Waals surface area contributed by atoms with Crippen molar-refractivity contribution < 1.29 is 9.84 Å². The van der Waals surface area contributed by atoms with Gasteiger partial charge in [-0.05, 0) is 26.0 Å². The Morgan fingerprint density at radius 2 is 1.95 bits per heavy atom. The first-order valence-electron chi connectivity index (χ1n) is 6.49. The second-order valence-corrected chi connectivity index (χ2v) is 4.65. The first kappa shape index (κ1) is 14.3. The number of aliphatic hydroxyl groups is 1. The van der Waals surface area contributed by atoms with Gasteiger partial charge in [0.25, 0.3) is 5.56 Å². The first-order valence-corrected chi connectivity index (χ1v) is 6.49. The molecule has 1 heterocycles. The van der Waals surface area contributed by atoms with Crippen molar-refractivity contribution in [2.24, 2.45) is 0 Å². The number of aliphatic hydroxyl groups excluding tert-OH is 1.